The third kappa shape index (κ3) is 4.69. The molecular weight excluding hydrogens is 290 g/mol. The highest BCUT2D eigenvalue weighted by Gasteiger charge is 2.25. The standard InChI is InChI=1S/C15H17NO6/c1-15(2,3)14(18)22-12-9-11(16(19)20)7-5-10(12)6-8-13(17)21-4/h5-9H,1-4H3/b8-6+. The molecular formula is C15H17NO6. The number of ether oxygens (including phenoxy) is 2. The molecule has 0 heterocycles. The number of non-ortho nitro benzene ring substituents is 1. The summed E-state index contributed by atoms with van der Waals surface area (Å²) >= 11 is 0. The second kappa shape index (κ2) is 6.84. The number of hydrogen-bond donors (Lipinski definition) is 0. The Morgan fingerprint density at radius 1 is 1.27 bits per heavy atom. The fraction of sp³-hybridized carbons (Fsp3) is 0.333. The first-order valence-electron chi connectivity index (χ1n) is 6.42. The van der Waals surface area contributed by atoms with E-state index in [4.69, 9.17) is 4.74 Å². The molecule has 0 saturated heterocycles. The van der Waals surface area contributed by atoms with Crippen molar-refractivity contribution in [1.82, 2.24) is 0 Å². The van der Waals surface area contributed by atoms with Gasteiger partial charge in [0.15, 0.2) is 0 Å². The minimum Gasteiger partial charge on any atom is -0.466 e. The number of rotatable bonds is 4. The van der Waals surface area contributed by atoms with Gasteiger partial charge in [0.05, 0.1) is 23.5 Å². The van der Waals surface area contributed by atoms with Crippen LogP contribution in [0.5, 0.6) is 5.75 Å². The van der Waals surface area contributed by atoms with Crippen LogP contribution in [0, 0.1) is 15.5 Å². The summed E-state index contributed by atoms with van der Waals surface area (Å²) in [6, 6.07) is 3.79. The van der Waals surface area contributed by atoms with Crippen molar-refractivity contribution in [2.45, 2.75) is 20.8 Å². The Morgan fingerprint density at radius 3 is 2.41 bits per heavy atom. The molecule has 0 aliphatic carbocycles. The maximum Gasteiger partial charge on any atom is 0.330 e. The van der Waals surface area contributed by atoms with Gasteiger partial charge in [-0.3, -0.25) is 14.9 Å². The molecule has 0 N–H and O–H groups in total. The number of esters is 2. The number of methoxy groups -OCH3 is 1. The zero-order valence-corrected chi connectivity index (χ0v) is 12.8. The van der Waals surface area contributed by atoms with Crippen LogP contribution in [0.15, 0.2) is 24.3 Å². The van der Waals surface area contributed by atoms with Gasteiger partial charge in [0.25, 0.3) is 5.69 Å². The first kappa shape index (κ1) is 17.4. The van der Waals surface area contributed by atoms with Crippen LogP contribution in [-0.2, 0) is 14.3 Å². The fourth-order valence-corrected chi connectivity index (χ4v) is 1.34. The Bertz CT molecular complexity index is 627. The summed E-state index contributed by atoms with van der Waals surface area (Å²) in [5, 5.41) is 10.8. The lowest BCUT2D eigenvalue weighted by Crippen LogP contribution is -2.25. The quantitative estimate of drug-likeness (QED) is 0.279. The predicted molar refractivity (Wildman–Crippen MR) is 79.2 cm³/mol. The number of nitro benzene ring substituents is 1. The van der Waals surface area contributed by atoms with Crippen molar-refractivity contribution in [1.29, 1.82) is 0 Å². The molecule has 0 unspecified atom stereocenters. The highest BCUT2D eigenvalue weighted by Crippen LogP contribution is 2.28. The van der Waals surface area contributed by atoms with E-state index in [-0.39, 0.29) is 11.4 Å². The molecule has 0 saturated carbocycles. The topological polar surface area (TPSA) is 95.7 Å². The van der Waals surface area contributed by atoms with Crippen LogP contribution >= 0.6 is 0 Å². The van der Waals surface area contributed by atoms with Gasteiger partial charge in [-0.2, -0.15) is 0 Å². The van der Waals surface area contributed by atoms with E-state index in [9.17, 15) is 19.7 Å². The van der Waals surface area contributed by atoms with Crippen molar-refractivity contribution in [3.05, 3.63) is 40.0 Å². The van der Waals surface area contributed by atoms with E-state index >= 15 is 0 Å². The van der Waals surface area contributed by atoms with Crippen LogP contribution in [0.3, 0.4) is 0 Å². The van der Waals surface area contributed by atoms with Gasteiger partial charge in [-0.1, -0.05) is 0 Å². The van der Waals surface area contributed by atoms with Gasteiger partial charge in [0.2, 0.25) is 0 Å². The third-order valence-corrected chi connectivity index (χ3v) is 2.62. The zero-order valence-electron chi connectivity index (χ0n) is 12.8. The molecule has 1 aromatic carbocycles. The number of carbonyl (C=O) groups is 2. The molecule has 118 valence electrons. The summed E-state index contributed by atoms with van der Waals surface area (Å²) < 4.78 is 9.69. The average Bonchev–Trinajstić information content (AvgIpc) is 2.44. The summed E-state index contributed by atoms with van der Waals surface area (Å²) in [4.78, 5) is 33.3. The van der Waals surface area contributed by atoms with Crippen molar-refractivity contribution < 1.29 is 24.0 Å². The van der Waals surface area contributed by atoms with Gasteiger partial charge in [0, 0.05) is 17.7 Å². The number of benzene rings is 1. The molecule has 22 heavy (non-hydrogen) atoms. The van der Waals surface area contributed by atoms with Crippen LogP contribution in [-0.4, -0.2) is 24.0 Å². The molecule has 0 bridgehead atoms. The minimum atomic E-state index is -0.770. The maximum absolute atomic E-state index is 12.0. The van der Waals surface area contributed by atoms with Crippen molar-refractivity contribution in [2.75, 3.05) is 7.11 Å². The monoisotopic (exact) mass is 307 g/mol. The summed E-state index contributed by atoms with van der Waals surface area (Å²) in [7, 11) is 1.23. The molecule has 7 nitrogen and oxygen atoms in total. The Balaban J connectivity index is 3.21. The van der Waals surface area contributed by atoms with Crippen molar-refractivity contribution in [3.8, 4) is 5.75 Å². The molecule has 1 aromatic rings. The second-order valence-corrected chi connectivity index (χ2v) is 5.48. The zero-order chi connectivity index (χ0) is 16.9. The Labute approximate surface area is 127 Å². The lowest BCUT2D eigenvalue weighted by Gasteiger charge is -2.17. The molecule has 7 heteroatoms. The van der Waals surface area contributed by atoms with Gasteiger partial charge in [-0.25, -0.2) is 4.79 Å². The maximum atomic E-state index is 12.0. The largest absolute Gasteiger partial charge is 0.466 e. The smallest absolute Gasteiger partial charge is 0.330 e. The normalized spacial score (nSPS) is 11.3. The highest BCUT2D eigenvalue weighted by molar-refractivity contribution is 5.88. The lowest BCUT2D eigenvalue weighted by atomic mass is 9.97. The number of nitro groups is 1. The molecule has 0 radical (unpaired) electrons. The van der Waals surface area contributed by atoms with Crippen molar-refractivity contribution >= 4 is 23.7 Å². The molecule has 1 rings (SSSR count). The molecule has 0 aliphatic rings. The van der Waals surface area contributed by atoms with Crippen LogP contribution in [0.4, 0.5) is 5.69 Å². The SMILES string of the molecule is COC(=O)/C=C/c1ccc([N+](=O)[O-])cc1OC(=O)C(C)(C)C. The first-order valence-corrected chi connectivity index (χ1v) is 6.42. The van der Waals surface area contributed by atoms with E-state index in [1.54, 1.807) is 20.8 Å². The van der Waals surface area contributed by atoms with E-state index in [1.807, 2.05) is 0 Å². The molecule has 0 amide bonds. The average molecular weight is 307 g/mol. The summed E-state index contributed by atoms with van der Waals surface area (Å²) in [6.07, 6.45) is 2.50. The van der Waals surface area contributed by atoms with E-state index in [0.29, 0.717) is 5.56 Å². The number of hydrogen-bond acceptors (Lipinski definition) is 6. The molecule has 0 atom stereocenters. The van der Waals surface area contributed by atoms with E-state index in [1.165, 1.54) is 25.3 Å². The van der Waals surface area contributed by atoms with Gasteiger partial charge < -0.3 is 9.47 Å². The van der Waals surface area contributed by atoms with Crippen LogP contribution in [0.1, 0.15) is 26.3 Å². The highest BCUT2D eigenvalue weighted by atomic mass is 16.6. The van der Waals surface area contributed by atoms with E-state index in [0.717, 1.165) is 12.1 Å². The number of carbonyl (C=O) groups excluding carboxylic acids is 2. The van der Waals surface area contributed by atoms with Crippen LogP contribution in [0.25, 0.3) is 6.08 Å². The fourth-order valence-electron chi connectivity index (χ4n) is 1.34. The van der Waals surface area contributed by atoms with Crippen molar-refractivity contribution in [3.63, 3.8) is 0 Å². The Kier molecular flexibility index (Phi) is 5.39. The Morgan fingerprint density at radius 2 is 1.91 bits per heavy atom. The van der Waals surface area contributed by atoms with Crippen LogP contribution < -0.4 is 4.74 Å². The number of nitrogens with zero attached hydrogens (tertiary/aromatic N) is 1. The van der Waals surface area contributed by atoms with E-state index < -0.39 is 22.3 Å². The van der Waals surface area contributed by atoms with Gasteiger partial charge in [-0.05, 0) is 32.9 Å². The van der Waals surface area contributed by atoms with Gasteiger partial charge >= 0.3 is 11.9 Å². The minimum absolute atomic E-state index is 0.00859. The summed E-state index contributed by atoms with van der Waals surface area (Å²) in [6.45, 7) is 4.99. The summed E-state index contributed by atoms with van der Waals surface area (Å²) in [5.41, 5.74) is -0.631. The Hall–Kier alpha value is -2.70. The third-order valence-electron chi connectivity index (χ3n) is 2.62. The van der Waals surface area contributed by atoms with Gasteiger partial charge in [0.1, 0.15) is 5.75 Å². The van der Waals surface area contributed by atoms with Crippen LogP contribution in [0.2, 0.25) is 0 Å². The molecule has 0 spiro atoms. The first-order chi connectivity index (χ1) is 10.1. The molecule has 0 aromatic heterocycles. The molecule has 0 fully saturated rings. The summed E-state index contributed by atoms with van der Waals surface area (Å²) in [5.74, 6) is -1.12. The lowest BCUT2D eigenvalue weighted by molar-refractivity contribution is -0.384. The molecule has 0 aliphatic heterocycles. The van der Waals surface area contributed by atoms with E-state index in [2.05, 4.69) is 4.74 Å². The second-order valence-electron chi connectivity index (χ2n) is 5.48. The van der Waals surface area contributed by atoms with Gasteiger partial charge in [-0.15, -0.1) is 0 Å². The van der Waals surface area contributed by atoms with Crippen molar-refractivity contribution in [2.24, 2.45) is 5.41 Å². The predicted octanol–water partition coefficient (Wildman–Crippen LogP) is 2.73.